The second-order valence-corrected chi connectivity index (χ2v) is 5.35. The molecule has 0 aliphatic rings. The third-order valence-corrected chi connectivity index (χ3v) is 3.00. The van der Waals surface area contributed by atoms with Crippen LogP contribution in [0.3, 0.4) is 0 Å². The van der Waals surface area contributed by atoms with Crippen LogP contribution in [-0.2, 0) is 6.61 Å². The van der Waals surface area contributed by atoms with Gasteiger partial charge in [0.2, 0.25) is 11.7 Å². The third kappa shape index (κ3) is 3.36. The third-order valence-electron chi connectivity index (χ3n) is 2.51. The summed E-state index contributed by atoms with van der Waals surface area (Å²) in [5.74, 6) is 0.240. The summed E-state index contributed by atoms with van der Waals surface area (Å²) in [6.07, 6.45) is 0. The Morgan fingerprint density at radius 3 is 2.85 bits per heavy atom. The fraction of sp³-hybridized carbons (Fsp3) is 0.308. The highest BCUT2D eigenvalue weighted by molar-refractivity contribution is 9.10. The Balaban J connectivity index is 2.13. The number of hydrogen-bond donors (Lipinski definition) is 1. The Hall–Kier alpha value is -1.89. The smallest absolute Gasteiger partial charge is 0.339 e. The van der Waals surface area contributed by atoms with Crippen LogP contribution in [0, 0.1) is 0 Å². The van der Waals surface area contributed by atoms with E-state index in [9.17, 15) is 4.79 Å². The molecule has 7 heteroatoms. The summed E-state index contributed by atoms with van der Waals surface area (Å²) >= 11 is 3.27. The van der Waals surface area contributed by atoms with Gasteiger partial charge in [0.05, 0.1) is 0 Å². The van der Waals surface area contributed by atoms with Gasteiger partial charge in [0.1, 0.15) is 11.3 Å². The maximum atomic E-state index is 11.1. The highest BCUT2D eigenvalue weighted by Crippen LogP contribution is 2.24. The van der Waals surface area contributed by atoms with Crippen molar-refractivity contribution in [2.45, 2.75) is 26.4 Å². The zero-order valence-corrected chi connectivity index (χ0v) is 12.5. The van der Waals surface area contributed by atoms with Crippen LogP contribution in [0.4, 0.5) is 0 Å². The van der Waals surface area contributed by atoms with Crippen LogP contribution in [0.15, 0.2) is 27.2 Å². The normalized spacial score (nSPS) is 10.8. The van der Waals surface area contributed by atoms with Crippen molar-refractivity contribution in [2.75, 3.05) is 0 Å². The van der Waals surface area contributed by atoms with Gasteiger partial charge < -0.3 is 14.4 Å². The largest absolute Gasteiger partial charge is 0.485 e. The molecule has 0 saturated carbocycles. The summed E-state index contributed by atoms with van der Waals surface area (Å²) in [7, 11) is 0. The number of ether oxygens (including phenoxy) is 1. The standard InChI is InChI=1S/C13H13BrN2O4/c1-7(2)12-15-11(16-20-12)6-19-10-5-8(14)3-4-9(10)13(17)18/h3-5,7H,6H2,1-2H3,(H,17,18). The molecule has 0 amide bonds. The molecule has 6 nitrogen and oxygen atoms in total. The molecule has 0 bridgehead atoms. The molecule has 0 aliphatic heterocycles. The van der Waals surface area contributed by atoms with Crippen LogP contribution in [0.25, 0.3) is 0 Å². The summed E-state index contributed by atoms with van der Waals surface area (Å²) in [6, 6.07) is 4.70. The topological polar surface area (TPSA) is 85.5 Å². The average Bonchev–Trinajstić information content (AvgIpc) is 2.85. The predicted octanol–water partition coefficient (Wildman–Crippen LogP) is 3.23. The van der Waals surface area contributed by atoms with Crippen LogP contribution < -0.4 is 4.74 Å². The number of nitrogens with zero attached hydrogens (tertiary/aromatic N) is 2. The van der Waals surface area contributed by atoms with Crippen LogP contribution in [0.2, 0.25) is 0 Å². The molecule has 1 heterocycles. The lowest BCUT2D eigenvalue weighted by Crippen LogP contribution is -2.04. The number of hydrogen-bond acceptors (Lipinski definition) is 5. The van der Waals surface area contributed by atoms with Crippen molar-refractivity contribution >= 4 is 21.9 Å². The van der Waals surface area contributed by atoms with Gasteiger partial charge in [-0.3, -0.25) is 0 Å². The molecule has 0 saturated heterocycles. The summed E-state index contributed by atoms with van der Waals surface area (Å²) in [5.41, 5.74) is 0.0841. The number of aromatic carboxylic acids is 1. The lowest BCUT2D eigenvalue weighted by Gasteiger charge is -2.07. The molecule has 1 aromatic heterocycles. The van der Waals surface area contributed by atoms with Gasteiger partial charge in [-0.25, -0.2) is 4.79 Å². The fourth-order valence-electron chi connectivity index (χ4n) is 1.50. The molecule has 0 atom stereocenters. The molecule has 0 aliphatic carbocycles. The van der Waals surface area contributed by atoms with Crippen molar-refractivity contribution in [3.8, 4) is 5.75 Å². The van der Waals surface area contributed by atoms with E-state index in [0.717, 1.165) is 4.47 Å². The Morgan fingerprint density at radius 1 is 1.50 bits per heavy atom. The maximum absolute atomic E-state index is 11.1. The number of benzene rings is 1. The van der Waals surface area contributed by atoms with E-state index in [2.05, 4.69) is 26.1 Å². The van der Waals surface area contributed by atoms with Gasteiger partial charge in [-0.1, -0.05) is 34.9 Å². The lowest BCUT2D eigenvalue weighted by atomic mass is 10.2. The van der Waals surface area contributed by atoms with Crippen LogP contribution in [0.1, 0.15) is 41.8 Å². The highest BCUT2D eigenvalue weighted by Gasteiger charge is 2.14. The highest BCUT2D eigenvalue weighted by atomic mass is 79.9. The van der Waals surface area contributed by atoms with E-state index in [0.29, 0.717) is 11.7 Å². The summed E-state index contributed by atoms with van der Waals surface area (Å²) in [5, 5.41) is 12.9. The number of carboxylic acid groups (broad SMARTS) is 1. The first-order valence-electron chi connectivity index (χ1n) is 5.95. The SMILES string of the molecule is CC(C)c1nc(COc2cc(Br)ccc2C(=O)O)no1. The zero-order valence-electron chi connectivity index (χ0n) is 11.0. The molecular formula is C13H13BrN2O4. The van der Waals surface area contributed by atoms with Crippen LogP contribution in [0.5, 0.6) is 5.75 Å². The maximum Gasteiger partial charge on any atom is 0.339 e. The van der Waals surface area contributed by atoms with E-state index < -0.39 is 5.97 Å². The van der Waals surface area contributed by atoms with Crippen LogP contribution >= 0.6 is 15.9 Å². The van der Waals surface area contributed by atoms with Gasteiger partial charge in [0.25, 0.3) is 0 Å². The number of carbonyl (C=O) groups is 1. The molecule has 1 N–H and O–H groups in total. The second-order valence-electron chi connectivity index (χ2n) is 4.44. The average molecular weight is 341 g/mol. The van der Waals surface area contributed by atoms with Gasteiger partial charge in [-0.05, 0) is 18.2 Å². The van der Waals surface area contributed by atoms with Crippen molar-refractivity contribution < 1.29 is 19.2 Å². The summed E-state index contributed by atoms with van der Waals surface area (Å²) < 4.78 is 11.2. The van der Waals surface area contributed by atoms with E-state index in [-0.39, 0.29) is 23.8 Å². The predicted molar refractivity (Wildman–Crippen MR) is 73.8 cm³/mol. The number of rotatable bonds is 5. The summed E-state index contributed by atoms with van der Waals surface area (Å²) in [4.78, 5) is 15.3. The monoisotopic (exact) mass is 340 g/mol. The van der Waals surface area contributed by atoms with Crippen molar-refractivity contribution in [1.82, 2.24) is 10.1 Å². The molecule has 2 aromatic rings. The molecule has 1 aromatic carbocycles. The molecule has 0 radical (unpaired) electrons. The molecule has 0 unspecified atom stereocenters. The number of carboxylic acids is 1. The van der Waals surface area contributed by atoms with Gasteiger partial charge in [-0.15, -0.1) is 0 Å². The molecule has 106 valence electrons. The first-order chi connectivity index (χ1) is 9.47. The molecule has 2 rings (SSSR count). The van der Waals surface area contributed by atoms with Gasteiger partial charge in [-0.2, -0.15) is 4.98 Å². The Bertz CT molecular complexity index is 625. The fourth-order valence-corrected chi connectivity index (χ4v) is 1.84. The molecular weight excluding hydrogens is 328 g/mol. The Labute approximate surface area is 123 Å². The number of halogens is 1. The Morgan fingerprint density at radius 2 is 2.25 bits per heavy atom. The van der Waals surface area contributed by atoms with Gasteiger partial charge in [0, 0.05) is 10.4 Å². The van der Waals surface area contributed by atoms with Crippen molar-refractivity contribution in [1.29, 1.82) is 0 Å². The van der Waals surface area contributed by atoms with Crippen molar-refractivity contribution in [3.63, 3.8) is 0 Å². The van der Waals surface area contributed by atoms with E-state index in [4.69, 9.17) is 14.4 Å². The minimum Gasteiger partial charge on any atom is -0.485 e. The minimum absolute atomic E-state index is 0.0486. The second kappa shape index (κ2) is 6.04. The van der Waals surface area contributed by atoms with E-state index in [1.165, 1.54) is 6.07 Å². The minimum atomic E-state index is -1.05. The van der Waals surface area contributed by atoms with E-state index in [1.807, 2.05) is 13.8 Å². The van der Waals surface area contributed by atoms with Gasteiger partial charge in [0.15, 0.2) is 6.61 Å². The first-order valence-corrected chi connectivity index (χ1v) is 6.74. The zero-order chi connectivity index (χ0) is 14.7. The van der Waals surface area contributed by atoms with Gasteiger partial charge >= 0.3 is 5.97 Å². The first kappa shape index (κ1) is 14.5. The molecule has 0 spiro atoms. The molecule has 0 fully saturated rings. The lowest BCUT2D eigenvalue weighted by molar-refractivity contribution is 0.0691. The molecule has 20 heavy (non-hydrogen) atoms. The Kier molecular flexibility index (Phi) is 4.39. The summed E-state index contributed by atoms with van der Waals surface area (Å²) in [6.45, 7) is 3.93. The van der Waals surface area contributed by atoms with Crippen molar-refractivity contribution in [2.24, 2.45) is 0 Å². The van der Waals surface area contributed by atoms with E-state index >= 15 is 0 Å². The number of aromatic nitrogens is 2. The van der Waals surface area contributed by atoms with E-state index in [1.54, 1.807) is 12.1 Å². The van der Waals surface area contributed by atoms with Crippen molar-refractivity contribution in [3.05, 3.63) is 40.0 Å². The quantitative estimate of drug-likeness (QED) is 0.899. The van der Waals surface area contributed by atoms with Crippen LogP contribution in [-0.4, -0.2) is 21.2 Å².